The molecule has 0 fully saturated rings. The summed E-state index contributed by atoms with van der Waals surface area (Å²) in [6.45, 7) is 14.5. The van der Waals surface area contributed by atoms with Crippen molar-refractivity contribution in [1.29, 1.82) is 0 Å². The van der Waals surface area contributed by atoms with Crippen LogP contribution in [0, 0.1) is 0 Å². The molecule has 0 aliphatic carbocycles. The van der Waals surface area contributed by atoms with E-state index in [2.05, 4.69) is 79.0 Å². The molecule has 3 unspecified atom stereocenters. The molecule has 0 aromatic carbocycles. The van der Waals surface area contributed by atoms with Gasteiger partial charge in [-0.2, -0.15) is 0 Å². The molecule has 0 saturated carbocycles. The van der Waals surface area contributed by atoms with Crippen molar-refractivity contribution in [3.05, 3.63) is 0 Å². The second-order valence-corrected chi connectivity index (χ2v) is 20.5. The van der Waals surface area contributed by atoms with E-state index in [4.69, 9.17) is 0 Å². The van der Waals surface area contributed by atoms with Crippen molar-refractivity contribution >= 4 is 114 Å². The Morgan fingerprint density at radius 1 is 0.393 bits per heavy atom. The minimum absolute atomic E-state index is 0.114. The van der Waals surface area contributed by atoms with Crippen LogP contribution in [0.15, 0.2) is 0 Å². The topological polar surface area (TPSA) is 78.9 Å². The van der Waals surface area contributed by atoms with Crippen molar-refractivity contribution in [2.24, 2.45) is 0 Å². The fourth-order valence-corrected chi connectivity index (χ4v) is 9.42. The molecule has 13 heteroatoms. The molecule has 0 N–H and O–H groups in total. The number of thioether (sulfide) groups is 3. The molecule has 6 nitrogen and oxygen atoms in total. The Hall–Kier alpha value is 1.31. The van der Waals surface area contributed by atoms with Crippen molar-refractivity contribution in [1.82, 2.24) is 0 Å². The Bertz CT molecular complexity index is 705. The zero-order chi connectivity index (χ0) is 42.9. The van der Waals surface area contributed by atoms with E-state index in [1.54, 1.807) is 57.8 Å². The van der Waals surface area contributed by atoms with Crippen LogP contribution >= 0.6 is 35.3 Å². The van der Waals surface area contributed by atoms with Gasteiger partial charge in [0, 0.05) is 0 Å². The van der Waals surface area contributed by atoms with Crippen LogP contribution in [0.5, 0.6) is 0 Å². The van der Waals surface area contributed by atoms with E-state index in [0.717, 1.165) is 17.3 Å². The third kappa shape index (κ3) is 55.3. The fraction of sp³-hybridized carbons (Fsp3) is 0.930. The predicted octanol–water partition coefficient (Wildman–Crippen LogP) is 14.1. The van der Waals surface area contributed by atoms with Gasteiger partial charge in [-0.3, -0.25) is 14.4 Å². The molecule has 0 aromatic heterocycles. The molecule has 0 aromatic rings. The summed E-state index contributed by atoms with van der Waals surface area (Å²) in [4.78, 5) is 33.1. The maximum absolute atomic E-state index is 11.0. The average Bonchev–Trinajstić information content (AvgIpc) is 3.21. The van der Waals surface area contributed by atoms with Gasteiger partial charge in [0.15, 0.2) is 0 Å². The molecule has 0 spiro atoms. The van der Waals surface area contributed by atoms with Crippen LogP contribution in [0.1, 0.15) is 215 Å². The van der Waals surface area contributed by atoms with E-state index < -0.39 is 0 Å². The molecule has 0 aliphatic rings. The first-order chi connectivity index (χ1) is 27.1. The van der Waals surface area contributed by atoms with Gasteiger partial charge < -0.3 is 51.3 Å². The van der Waals surface area contributed by atoms with Crippen LogP contribution in [0.4, 0.5) is 0 Å². The molecule has 0 aliphatic heterocycles. The average molecular weight is 1010 g/mol. The van der Waals surface area contributed by atoms with Gasteiger partial charge in [0.25, 0.3) is 17.9 Å². The Morgan fingerprint density at radius 3 is 0.750 bits per heavy atom. The first kappa shape index (κ1) is 63.9. The van der Waals surface area contributed by atoms with Crippen molar-refractivity contribution in [3.63, 3.8) is 0 Å². The van der Waals surface area contributed by atoms with Gasteiger partial charge in [0.05, 0.1) is 15.7 Å². The number of hydrogen-bond donors (Lipinski definition) is 0. The van der Waals surface area contributed by atoms with E-state index in [0.29, 0.717) is 0 Å². The normalized spacial score (nSPS) is 12.1. The summed E-state index contributed by atoms with van der Waals surface area (Å²) in [7, 11) is 0. The van der Waals surface area contributed by atoms with Crippen LogP contribution in [-0.4, -0.2) is 73.4 Å². The molecular weight excluding hydrogens is 924 g/mol. The first-order valence-corrected chi connectivity index (χ1v) is 28.2. The SMILES string of the molecule is CCCCCCCCCCSC(C)C(=O)O[S-].CCCCCCCCCCSC(C)C(=O)O[S-].CCCCCCCCCCSC(C)C(=O)O[S-].CCC[CH2][Sn+3]. The molecule has 332 valence electrons. The summed E-state index contributed by atoms with van der Waals surface area (Å²) in [5.41, 5.74) is 0. The van der Waals surface area contributed by atoms with E-state index in [1.807, 2.05) is 20.8 Å². The van der Waals surface area contributed by atoms with Crippen molar-refractivity contribution in [3.8, 4) is 0 Å². The molecule has 0 amide bonds. The zero-order valence-corrected chi connectivity index (χ0v) is 44.6. The summed E-state index contributed by atoms with van der Waals surface area (Å²) in [6, 6.07) is 0. The zero-order valence-electron chi connectivity index (χ0n) is 36.8. The quantitative estimate of drug-likeness (QED) is 0.0345. The fourth-order valence-electron chi connectivity index (χ4n) is 5.07. The van der Waals surface area contributed by atoms with Gasteiger partial charge in [0.2, 0.25) is 0 Å². The van der Waals surface area contributed by atoms with Gasteiger partial charge in [-0.15, -0.1) is 35.3 Å². The van der Waals surface area contributed by atoms with Gasteiger partial charge in [-0.1, -0.05) is 156 Å². The van der Waals surface area contributed by atoms with Gasteiger partial charge in [-0.25, -0.2) is 0 Å². The summed E-state index contributed by atoms with van der Waals surface area (Å²) in [6.07, 6.45) is 34.5. The second-order valence-electron chi connectivity index (χ2n) is 14.3. The third-order valence-corrected chi connectivity index (χ3v) is 14.0. The van der Waals surface area contributed by atoms with Crippen molar-refractivity contribution in [2.45, 2.75) is 236 Å². The molecule has 0 rings (SSSR count). The standard InChI is InChI=1S/3C13H26O2S2.C4H9.Sn/c3*1-3-4-5-6-7-8-9-10-11-17-12(2)13(14)15-16;1-3-4-2;/h3*12,16H,3-11H2,1-2H3;1,3-4H2,2H3;/q;;;;+3/p-3. The van der Waals surface area contributed by atoms with E-state index in [1.165, 1.54) is 171 Å². The van der Waals surface area contributed by atoms with E-state index >= 15 is 0 Å². The molecule has 56 heavy (non-hydrogen) atoms. The van der Waals surface area contributed by atoms with Crippen LogP contribution in [0.3, 0.4) is 0 Å². The van der Waals surface area contributed by atoms with Gasteiger partial charge in [-0.05, 0) is 57.3 Å². The number of rotatable bonds is 35. The molecular formula is C43H84O6S6Sn. The first-order valence-electron chi connectivity index (χ1n) is 22.1. The number of unbranched alkanes of at least 4 members (excludes halogenated alkanes) is 22. The predicted molar refractivity (Wildman–Crippen MR) is 259 cm³/mol. The monoisotopic (exact) mass is 1010 g/mol. The van der Waals surface area contributed by atoms with E-state index in [-0.39, 0.29) is 33.7 Å². The van der Waals surface area contributed by atoms with E-state index in [9.17, 15) is 14.4 Å². The number of carbonyl (C=O) groups excluding carboxylic acids is 3. The van der Waals surface area contributed by atoms with Gasteiger partial charge in [0.1, 0.15) is 0 Å². The van der Waals surface area contributed by atoms with Crippen molar-refractivity contribution in [2.75, 3.05) is 17.3 Å². The Kier molecular flexibility index (Phi) is 64.3. The summed E-state index contributed by atoms with van der Waals surface area (Å²) >= 11 is 19.4. The van der Waals surface area contributed by atoms with Crippen LogP contribution < -0.4 is 0 Å². The third-order valence-electron chi connectivity index (χ3n) is 8.87. The van der Waals surface area contributed by atoms with Gasteiger partial charge >= 0.3 is 46.7 Å². The number of carbonyl (C=O) groups is 3. The maximum atomic E-state index is 11.0. The number of hydrogen-bond acceptors (Lipinski definition) is 12. The van der Waals surface area contributed by atoms with Crippen LogP contribution in [0.25, 0.3) is 0 Å². The molecule has 3 atom stereocenters. The Morgan fingerprint density at radius 2 is 0.589 bits per heavy atom. The summed E-state index contributed by atoms with van der Waals surface area (Å²) in [5.74, 6) is 2.22. The molecule has 0 bridgehead atoms. The summed E-state index contributed by atoms with van der Waals surface area (Å²) in [5, 5.41) is -0.342. The molecule has 0 radical (unpaired) electrons. The molecule has 0 saturated heterocycles. The Labute approximate surface area is 391 Å². The van der Waals surface area contributed by atoms with Crippen LogP contribution in [0.2, 0.25) is 4.44 Å². The molecule has 0 heterocycles. The van der Waals surface area contributed by atoms with Crippen LogP contribution in [-0.2, 0) is 65.7 Å². The van der Waals surface area contributed by atoms with Crippen molar-refractivity contribution < 1.29 is 26.9 Å². The Balaban J connectivity index is -0.000000340. The second kappa shape index (κ2) is 56.3. The minimum atomic E-state index is -0.287. The summed E-state index contributed by atoms with van der Waals surface area (Å²) < 4.78 is 14.2.